The van der Waals surface area contributed by atoms with Gasteiger partial charge in [0.05, 0.1) is 35.2 Å². The Hall–Kier alpha value is -1.70. The number of nitrogens with zero attached hydrogens (tertiary/aromatic N) is 4. The minimum absolute atomic E-state index is 0.260. The van der Waals surface area contributed by atoms with Crippen molar-refractivity contribution in [3.63, 3.8) is 0 Å². The van der Waals surface area contributed by atoms with Crippen molar-refractivity contribution in [1.82, 2.24) is 20.2 Å². The first-order valence-electron chi connectivity index (χ1n) is 7.87. The van der Waals surface area contributed by atoms with Crippen LogP contribution in [0.3, 0.4) is 0 Å². The molecule has 0 aliphatic carbocycles. The van der Waals surface area contributed by atoms with Crippen molar-refractivity contribution in [2.75, 3.05) is 24.7 Å². The van der Waals surface area contributed by atoms with Gasteiger partial charge in [-0.15, -0.1) is 11.3 Å². The molecule has 0 bridgehead atoms. The fraction of sp³-hybridized carbons (Fsp3) is 0.438. The summed E-state index contributed by atoms with van der Waals surface area (Å²) in [7, 11) is 0. The second kappa shape index (κ2) is 5.98. The first-order valence-corrected chi connectivity index (χ1v) is 9.13. The van der Waals surface area contributed by atoms with E-state index in [4.69, 9.17) is 16.3 Å². The third kappa shape index (κ3) is 2.47. The number of aryl methyl sites for hydroxylation is 2. The lowest BCUT2D eigenvalue weighted by Gasteiger charge is -2.34. The van der Waals surface area contributed by atoms with E-state index in [-0.39, 0.29) is 11.3 Å². The van der Waals surface area contributed by atoms with Crippen LogP contribution in [0.5, 0.6) is 0 Å². The van der Waals surface area contributed by atoms with Gasteiger partial charge in [0.15, 0.2) is 5.82 Å². The average molecular weight is 364 g/mol. The minimum atomic E-state index is 0.260. The van der Waals surface area contributed by atoms with Crippen LogP contribution in [-0.4, -0.2) is 46.0 Å². The van der Waals surface area contributed by atoms with E-state index in [2.05, 4.69) is 37.4 Å². The number of ether oxygens (including phenoxy) is 1. The lowest BCUT2D eigenvalue weighted by Crippen LogP contribution is -2.44. The normalized spacial score (nSPS) is 18.5. The van der Waals surface area contributed by atoms with Gasteiger partial charge in [0.2, 0.25) is 5.28 Å². The highest BCUT2D eigenvalue weighted by atomic mass is 35.5. The molecule has 6 nitrogen and oxygen atoms in total. The summed E-state index contributed by atoms with van der Waals surface area (Å²) in [4.78, 5) is 11.3. The molecule has 1 aliphatic rings. The lowest BCUT2D eigenvalue weighted by atomic mass is 10.1. The van der Waals surface area contributed by atoms with Gasteiger partial charge in [-0.25, -0.2) is 4.98 Å². The van der Waals surface area contributed by atoms with Crippen LogP contribution in [0.15, 0.2) is 5.38 Å². The molecule has 0 aromatic carbocycles. The van der Waals surface area contributed by atoms with Crippen molar-refractivity contribution in [3.8, 4) is 11.1 Å². The van der Waals surface area contributed by atoms with E-state index in [1.807, 2.05) is 13.8 Å². The van der Waals surface area contributed by atoms with E-state index in [1.165, 1.54) is 0 Å². The molecule has 1 aliphatic heterocycles. The van der Waals surface area contributed by atoms with Gasteiger partial charge in [-0.3, -0.25) is 5.10 Å². The van der Waals surface area contributed by atoms with Crippen molar-refractivity contribution in [3.05, 3.63) is 22.1 Å². The molecular weight excluding hydrogens is 346 g/mol. The second-order valence-electron chi connectivity index (χ2n) is 6.07. The van der Waals surface area contributed by atoms with E-state index in [1.54, 1.807) is 11.3 Å². The molecule has 4 rings (SSSR count). The fourth-order valence-corrected chi connectivity index (χ4v) is 4.40. The smallest absolute Gasteiger partial charge is 0.224 e. The SMILES string of the molecule is Cc1n[nH]c(C)c1-c1csc2c(N3CCOC[C@H]3C)nc(Cl)nc12. The summed E-state index contributed by atoms with van der Waals surface area (Å²) in [6.07, 6.45) is 0. The Morgan fingerprint density at radius 1 is 1.38 bits per heavy atom. The van der Waals surface area contributed by atoms with Gasteiger partial charge in [-0.1, -0.05) is 0 Å². The van der Waals surface area contributed by atoms with Crippen LogP contribution < -0.4 is 4.90 Å². The number of nitrogens with one attached hydrogen (secondary N) is 1. The van der Waals surface area contributed by atoms with Crippen molar-refractivity contribution in [2.24, 2.45) is 0 Å². The second-order valence-corrected chi connectivity index (χ2v) is 7.29. The number of H-pyrrole nitrogens is 1. The van der Waals surface area contributed by atoms with Crippen LogP contribution in [0.25, 0.3) is 21.3 Å². The molecule has 0 unspecified atom stereocenters. The summed E-state index contributed by atoms with van der Waals surface area (Å²) < 4.78 is 6.60. The lowest BCUT2D eigenvalue weighted by molar-refractivity contribution is 0.0987. The molecule has 0 amide bonds. The van der Waals surface area contributed by atoms with E-state index < -0.39 is 0 Å². The fourth-order valence-electron chi connectivity index (χ4n) is 3.24. The molecule has 1 fully saturated rings. The summed E-state index contributed by atoms with van der Waals surface area (Å²) in [5.74, 6) is 0.899. The molecule has 1 atom stereocenters. The number of rotatable bonds is 2. The molecular formula is C16H18ClN5OS. The van der Waals surface area contributed by atoms with Gasteiger partial charge >= 0.3 is 0 Å². The highest BCUT2D eigenvalue weighted by molar-refractivity contribution is 7.18. The Morgan fingerprint density at radius 2 is 2.21 bits per heavy atom. The Bertz CT molecular complexity index is 886. The Kier molecular flexibility index (Phi) is 3.94. The monoisotopic (exact) mass is 363 g/mol. The molecule has 4 heterocycles. The predicted molar refractivity (Wildman–Crippen MR) is 97.1 cm³/mol. The Labute approximate surface area is 148 Å². The molecule has 24 heavy (non-hydrogen) atoms. The molecule has 1 saturated heterocycles. The Balaban J connectivity index is 1.92. The van der Waals surface area contributed by atoms with Gasteiger partial charge in [0.1, 0.15) is 0 Å². The molecule has 3 aromatic rings. The maximum absolute atomic E-state index is 6.26. The number of halogens is 1. The van der Waals surface area contributed by atoms with Crippen LogP contribution in [0.1, 0.15) is 18.3 Å². The van der Waals surface area contributed by atoms with Gasteiger partial charge in [0, 0.05) is 28.7 Å². The number of thiophene rings is 1. The molecule has 1 N–H and O–H groups in total. The van der Waals surface area contributed by atoms with Crippen LogP contribution in [0.2, 0.25) is 5.28 Å². The predicted octanol–water partition coefficient (Wildman–Crippen LogP) is 3.58. The number of aromatic amines is 1. The number of aromatic nitrogens is 4. The van der Waals surface area contributed by atoms with Crippen LogP contribution in [0, 0.1) is 13.8 Å². The molecule has 126 valence electrons. The van der Waals surface area contributed by atoms with Crippen molar-refractivity contribution in [1.29, 1.82) is 0 Å². The average Bonchev–Trinajstić information content (AvgIpc) is 3.10. The summed E-state index contributed by atoms with van der Waals surface area (Å²) >= 11 is 7.91. The summed E-state index contributed by atoms with van der Waals surface area (Å²) in [6.45, 7) is 8.36. The number of morpholine rings is 1. The zero-order chi connectivity index (χ0) is 16.8. The van der Waals surface area contributed by atoms with Crippen LogP contribution >= 0.6 is 22.9 Å². The number of hydrogen-bond acceptors (Lipinski definition) is 6. The Morgan fingerprint density at radius 3 is 2.92 bits per heavy atom. The largest absolute Gasteiger partial charge is 0.377 e. The topological polar surface area (TPSA) is 66.9 Å². The van der Waals surface area contributed by atoms with Crippen molar-refractivity contribution >= 4 is 39.0 Å². The third-order valence-electron chi connectivity index (χ3n) is 4.41. The third-order valence-corrected chi connectivity index (χ3v) is 5.54. The van der Waals surface area contributed by atoms with Crippen LogP contribution in [0.4, 0.5) is 5.82 Å². The van der Waals surface area contributed by atoms with E-state index >= 15 is 0 Å². The summed E-state index contributed by atoms with van der Waals surface area (Å²) in [5, 5.41) is 9.74. The van der Waals surface area contributed by atoms with E-state index in [9.17, 15) is 0 Å². The summed E-state index contributed by atoms with van der Waals surface area (Å²) in [5.41, 5.74) is 5.04. The van der Waals surface area contributed by atoms with E-state index in [0.29, 0.717) is 13.2 Å². The standard InChI is InChI=1S/C16H18ClN5OS/c1-8-6-23-5-4-22(8)15-14-13(18-16(17)19-15)11(7-24-14)12-9(2)20-21-10(12)3/h7-8H,4-6H2,1-3H3,(H,20,21)/t8-/m1/s1. The molecule has 8 heteroatoms. The maximum atomic E-state index is 6.26. The van der Waals surface area contributed by atoms with Gasteiger partial charge in [-0.2, -0.15) is 10.1 Å². The molecule has 0 spiro atoms. The highest BCUT2D eigenvalue weighted by Crippen LogP contribution is 2.40. The number of hydrogen-bond donors (Lipinski definition) is 1. The maximum Gasteiger partial charge on any atom is 0.224 e. The first kappa shape index (κ1) is 15.8. The van der Waals surface area contributed by atoms with Gasteiger partial charge in [-0.05, 0) is 32.4 Å². The highest BCUT2D eigenvalue weighted by Gasteiger charge is 2.25. The zero-order valence-corrected chi connectivity index (χ0v) is 15.3. The van der Waals surface area contributed by atoms with Crippen molar-refractivity contribution < 1.29 is 4.74 Å². The molecule has 0 saturated carbocycles. The quantitative estimate of drug-likeness (QED) is 0.705. The van der Waals surface area contributed by atoms with Gasteiger partial charge in [0.25, 0.3) is 0 Å². The van der Waals surface area contributed by atoms with Crippen molar-refractivity contribution in [2.45, 2.75) is 26.8 Å². The van der Waals surface area contributed by atoms with Gasteiger partial charge < -0.3 is 9.64 Å². The number of anilines is 1. The number of fused-ring (bicyclic) bond motifs is 1. The van der Waals surface area contributed by atoms with E-state index in [0.717, 1.165) is 45.1 Å². The minimum Gasteiger partial charge on any atom is -0.377 e. The zero-order valence-electron chi connectivity index (χ0n) is 13.8. The molecule has 3 aromatic heterocycles. The first-order chi connectivity index (χ1) is 11.6. The molecule has 0 radical (unpaired) electrons. The van der Waals surface area contributed by atoms with Crippen LogP contribution in [-0.2, 0) is 4.74 Å². The summed E-state index contributed by atoms with van der Waals surface area (Å²) in [6, 6.07) is 0.260.